The minimum atomic E-state index is -0.534. The van der Waals surface area contributed by atoms with Gasteiger partial charge in [-0.1, -0.05) is 18.2 Å². The van der Waals surface area contributed by atoms with Gasteiger partial charge in [0.15, 0.2) is 0 Å². The summed E-state index contributed by atoms with van der Waals surface area (Å²) >= 11 is 0. The van der Waals surface area contributed by atoms with E-state index in [1.807, 2.05) is 23.1 Å². The molecule has 0 bridgehead atoms. The summed E-state index contributed by atoms with van der Waals surface area (Å²) < 4.78 is 4.85. The Balaban J connectivity index is 1.62. The lowest BCUT2D eigenvalue weighted by Crippen LogP contribution is -2.52. The maximum atomic E-state index is 13.0. The summed E-state index contributed by atoms with van der Waals surface area (Å²) in [7, 11) is 1.34. The van der Waals surface area contributed by atoms with E-state index in [4.69, 9.17) is 4.74 Å². The van der Waals surface area contributed by atoms with Gasteiger partial charge in [0.2, 0.25) is 5.91 Å². The topological polar surface area (TPSA) is 70.1 Å². The number of anilines is 1. The molecule has 1 heterocycles. The fourth-order valence-electron chi connectivity index (χ4n) is 3.91. The first-order valence-corrected chi connectivity index (χ1v) is 8.95. The third-order valence-electron chi connectivity index (χ3n) is 5.36. The van der Waals surface area contributed by atoms with Gasteiger partial charge in [-0.15, -0.1) is 0 Å². The predicted octanol–water partition coefficient (Wildman–Crippen LogP) is 1.29. The number of methoxy groups -OCH3 is 1. The zero-order valence-electron chi connectivity index (χ0n) is 14.6. The Bertz CT molecular complexity index is 599. The first kappa shape index (κ1) is 17.7. The molecule has 136 valence electrons. The number of nitrogens with zero attached hydrogens (tertiary/aromatic N) is 2. The second-order valence-corrected chi connectivity index (χ2v) is 6.85. The van der Waals surface area contributed by atoms with Crippen molar-refractivity contribution < 1.29 is 19.4 Å². The zero-order chi connectivity index (χ0) is 17.8. The van der Waals surface area contributed by atoms with E-state index in [0.29, 0.717) is 32.4 Å². The van der Waals surface area contributed by atoms with Gasteiger partial charge in [-0.05, 0) is 31.4 Å². The summed E-state index contributed by atoms with van der Waals surface area (Å²) in [5.74, 6) is -1.28. The SMILES string of the molecule is COC(=O)[C@H]1C[C@@H](O)CC[C@@H]1C(=O)N1CCN(c2ccccc2)CC1. The highest BCUT2D eigenvalue weighted by Crippen LogP contribution is 2.33. The van der Waals surface area contributed by atoms with Crippen LogP contribution in [0.3, 0.4) is 0 Å². The van der Waals surface area contributed by atoms with Crippen molar-refractivity contribution in [3.8, 4) is 0 Å². The van der Waals surface area contributed by atoms with Gasteiger partial charge in [0.25, 0.3) is 0 Å². The van der Waals surface area contributed by atoms with Crippen molar-refractivity contribution in [2.45, 2.75) is 25.4 Å². The maximum absolute atomic E-state index is 13.0. The highest BCUT2D eigenvalue weighted by Gasteiger charge is 2.41. The molecular formula is C19H26N2O4. The van der Waals surface area contributed by atoms with Crippen LogP contribution < -0.4 is 4.90 Å². The lowest BCUT2D eigenvalue weighted by atomic mass is 9.77. The van der Waals surface area contributed by atoms with Crippen molar-refractivity contribution in [3.05, 3.63) is 30.3 Å². The van der Waals surface area contributed by atoms with Gasteiger partial charge < -0.3 is 19.6 Å². The van der Waals surface area contributed by atoms with E-state index in [-0.39, 0.29) is 17.8 Å². The number of benzene rings is 1. The zero-order valence-corrected chi connectivity index (χ0v) is 14.6. The number of piperazine rings is 1. The van der Waals surface area contributed by atoms with Gasteiger partial charge in [0, 0.05) is 31.9 Å². The fraction of sp³-hybridized carbons (Fsp3) is 0.579. The Labute approximate surface area is 148 Å². The van der Waals surface area contributed by atoms with E-state index in [9.17, 15) is 14.7 Å². The van der Waals surface area contributed by atoms with Crippen molar-refractivity contribution in [1.29, 1.82) is 0 Å². The Morgan fingerprint density at radius 2 is 1.72 bits per heavy atom. The van der Waals surface area contributed by atoms with Crippen LogP contribution in [0.4, 0.5) is 5.69 Å². The molecule has 1 saturated heterocycles. The fourth-order valence-corrected chi connectivity index (χ4v) is 3.91. The molecule has 1 aliphatic heterocycles. The molecule has 6 heteroatoms. The number of ether oxygens (including phenoxy) is 1. The van der Waals surface area contributed by atoms with Crippen molar-refractivity contribution in [1.82, 2.24) is 4.90 Å². The molecule has 1 aromatic carbocycles. The van der Waals surface area contributed by atoms with Gasteiger partial charge in [0.1, 0.15) is 0 Å². The molecule has 2 aliphatic rings. The molecule has 1 N–H and O–H groups in total. The third kappa shape index (κ3) is 3.95. The Morgan fingerprint density at radius 1 is 1.04 bits per heavy atom. The van der Waals surface area contributed by atoms with Gasteiger partial charge >= 0.3 is 5.97 Å². The van der Waals surface area contributed by atoms with E-state index in [1.165, 1.54) is 12.8 Å². The molecule has 25 heavy (non-hydrogen) atoms. The molecule has 0 spiro atoms. The summed E-state index contributed by atoms with van der Waals surface area (Å²) in [6.07, 6.45) is 0.891. The molecule has 6 nitrogen and oxygen atoms in total. The largest absolute Gasteiger partial charge is 0.469 e. The molecule has 0 radical (unpaired) electrons. The van der Waals surface area contributed by atoms with E-state index in [2.05, 4.69) is 17.0 Å². The van der Waals surface area contributed by atoms with E-state index >= 15 is 0 Å². The van der Waals surface area contributed by atoms with Crippen LogP contribution in [0.1, 0.15) is 19.3 Å². The number of aliphatic hydroxyl groups excluding tert-OH is 1. The molecule has 2 fully saturated rings. The summed E-state index contributed by atoms with van der Waals surface area (Å²) in [5, 5.41) is 9.86. The highest BCUT2D eigenvalue weighted by atomic mass is 16.5. The molecule has 1 aliphatic carbocycles. The number of amides is 1. The minimum Gasteiger partial charge on any atom is -0.469 e. The second kappa shape index (κ2) is 7.87. The van der Waals surface area contributed by atoms with Crippen LogP contribution in [0.5, 0.6) is 0 Å². The van der Waals surface area contributed by atoms with E-state index in [0.717, 1.165) is 13.1 Å². The molecule has 1 amide bonds. The quantitative estimate of drug-likeness (QED) is 0.835. The maximum Gasteiger partial charge on any atom is 0.309 e. The number of aliphatic hydroxyl groups is 1. The number of rotatable bonds is 3. The summed E-state index contributed by atoms with van der Waals surface area (Å²) in [6.45, 7) is 2.88. The summed E-state index contributed by atoms with van der Waals surface area (Å²) in [4.78, 5) is 29.1. The summed E-state index contributed by atoms with van der Waals surface area (Å²) in [6, 6.07) is 10.2. The van der Waals surface area contributed by atoms with Gasteiger partial charge in [0.05, 0.1) is 25.0 Å². The molecule has 3 atom stereocenters. The number of hydrogen-bond donors (Lipinski definition) is 1. The smallest absolute Gasteiger partial charge is 0.309 e. The van der Waals surface area contributed by atoms with Crippen molar-refractivity contribution in [2.24, 2.45) is 11.8 Å². The number of carbonyl (C=O) groups excluding carboxylic acids is 2. The normalized spacial score (nSPS) is 27.0. The van der Waals surface area contributed by atoms with Crippen LogP contribution in [-0.2, 0) is 14.3 Å². The molecule has 0 aromatic heterocycles. The Hall–Kier alpha value is -2.08. The third-order valence-corrected chi connectivity index (χ3v) is 5.36. The average molecular weight is 346 g/mol. The van der Waals surface area contributed by atoms with Crippen LogP contribution in [0, 0.1) is 11.8 Å². The number of esters is 1. The molecule has 3 rings (SSSR count). The van der Waals surface area contributed by atoms with Gasteiger partial charge in [-0.2, -0.15) is 0 Å². The first-order chi connectivity index (χ1) is 12.1. The minimum absolute atomic E-state index is 0.0232. The van der Waals surface area contributed by atoms with Crippen molar-refractivity contribution in [3.63, 3.8) is 0 Å². The van der Waals surface area contributed by atoms with Crippen LogP contribution in [0.15, 0.2) is 30.3 Å². The lowest BCUT2D eigenvalue weighted by molar-refractivity contribution is -0.157. The first-order valence-electron chi connectivity index (χ1n) is 8.95. The average Bonchev–Trinajstić information content (AvgIpc) is 2.67. The number of carbonyl (C=O) groups is 2. The predicted molar refractivity (Wildman–Crippen MR) is 94.1 cm³/mol. The molecule has 1 saturated carbocycles. The molecular weight excluding hydrogens is 320 g/mol. The van der Waals surface area contributed by atoms with Crippen molar-refractivity contribution >= 4 is 17.6 Å². The number of hydrogen-bond acceptors (Lipinski definition) is 5. The Kier molecular flexibility index (Phi) is 5.58. The van der Waals surface area contributed by atoms with Gasteiger partial charge in [-0.3, -0.25) is 9.59 Å². The molecule has 1 aromatic rings. The van der Waals surface area contributed by atoms with E-state index < -0.39 is 12.0 Å². The lowest BCUT2D eigenvalue weighted by Gasteiger charge is -2.40. The molecule has 0 unspecified atom stereocenters. The second-order valence-electron chi connectivity index (χ2n) is 6.85. The highest BCUT2D eigenvalue weighted by molar-refractivity contribution is 5.86. The van der Waals surface area contributed by atoms with Crippen LogP contribution >= 0.6 is 0 Å². The van der Waals surface area contributed by atoms with Crippen molar-refractivity contribution in [2.75, 3.05) is 38.2 Å². The van der Waals surface area contributed by atoms with Gasteiger partial charge in [-0.25, -0.2) is 0 Å². The summed E-state index contributed by atoms with van der Waals surface area (Å²) in [5.41, 5.74) is 1.17. The van der Waals surface area contributed by atoms with Crippen LogP contribution in [-0.4, -0.2) is 61.3 Å². The Morgan fingerprint density at radius 3 is 2.36 bits per heavy atom. The van der Waals surface area contributed by atoms with Crippen LogP contribution in [0.25, 0.3) is 0 Å². The van der Waals surface area contributed by atoms with E-state index in [1.54, 1.807) is 0 Å². The number of para-hydroxylation sites is 1. The monoisotopic (exact) mass is 346 g/mol. The van der Waals surface area contributed by atoms with Crippen LogP contribution in [0.2, 0.25) is 0 Å². The standard InChI is InChI=1S/C19H26N2O4/c1-25-19(24)17-13-15(22)7-8-16(17)18(23)21-11-9-20(10-12-21)14-5-3-2-4-6-14/h2-6,15-17,22H,7-13H2,1H3/t15-,16-,17-/m0/s1.